The van der Waals surface area contributed by atoms with E-state index in [-0.39, 0.29) is 0 Å². The van der Waals surface area contributed by atoms with Crippen LogP contribution in [-0.2, 0) is 6.42 Å². The molecule has 1 atom stereocenters. The van der Waals surface area contributed by atoms with E-state index in [0.717, 1.165) is 5.69 Å². The van der Waals surface area contributed by atoms with Crippen molar-refractivity contribution in [1.29, 1.82) is 0 Å². The van der Waals surface area contributed by atoms with Crippen LogP contribution in [0.25, 0.3) is 0 Å². The Bertz CT molecular complexity index is 641. The van der Waals surface area contributed by atoms with Gasteiger partial charge >= 0.3 is 0 Å². The second-order valence-corrected chi connectivity index (χ2v) is 8.68. The monoisotopic (exact) mass is 393 g/mol. The first-order valence-electron chi connectivity index (χ1n) is 12.2. The molecule has 0 radical (unpaired) electrons. The Kier molecular flexibility index (Phi) is 11.6. The number of aryl methyl sites for hydroxylation is 1. The summed E-state index contributed by atoms with van der Waals surface area (Å²) in [5, 5.41) is 0. The van der Waals surface area contributed by atoms with E-state index in [1.165, 1.54) is 100 Å². The number of unbranched alkanes of at least 4 members (excludes halogenated alkanes) is 9. The van der Waals surface area contributed by atoms with Crippen LogP contribution in [0.3, 0.4) is 0 Å². The van der Waals surface area contributed by atoms with E-state index in [9.17, 15) is 0 Å². The zero-order valence-corrected chi connectivity index (χ0v) is 19.0. The largest absolute Gasteiger partial charge is 0.399 e. The maximum atomic E-state index is 5.93. The third kappa shape index (κ3) is 9.07. The molecule has 0 bridgehead atoms. The lowest BCUT2D eigenvalue weighted by atomic mass is 9.86. The molecule has 1 nitrogen and oxygen atoms in total. The predicted molar refractivity (Wildman–Crippen MR) is 130 cm³/mol. The van der Waals surface area contributed by atoms with Gasteiger partial charge in [-0.15, -0.1) is 0 Å². The Balaban J connectivity index is 1.82. The Morgan fingerprint density at radius 1 is 0.586 bits per heavy atom. The zero-order valence-electron chi connectivity index (χ0n) is 19.0. The summed E-state index contributed by atoms with van der Waals surface area (Å²) in [6.07, 6.45) is 17.5. The molecule has 0 fully saturated rings. The van der Waals surface area contributed by atoms with Gasteiger partial charge in [0.25, 0.3) is 0 Å². The van der Waals surface area contributed by atoms with E-state index >= 15 is 0 Å². The van der Waals surface area contributed by atoms with Gasteiger partial charge in [-0.05, 0) is 41.7 Å². The molecule has 1 unspecified atom stereocenters. The number of hydrogen-bond acceptors (Lipinski definition) is 1. The molecule has 0 aliphatic heterocycles. The highest BCUT2D eigenvalue weighted by Gasteiger charge is 2.14. The zero-order chi connectivity index (χ0) is 20.7. The minimum absolute atomic E-state index is 0.486. The first kappa shape index (κ1) is 23.5. The van der Waals surface area contributed by atoms with Gasteiger partial charge in [0.05, 0.1) is 0 Å². The Hall–Kier alpha value is -1.76. The molecule has 2 aromatic carbocycles. The topological polar surface area (TPSA) is 26.0 Å². The maximum absolute atomic E-state index is 5.93. The molecule has 2 N–H and O–H groups in total. The standard InChI is InChI=1S/C28H43N/c1-3-5-6-7-8-9-10-11-12-13-15-28(26-20-22-27(29)23-21-26)25-18-16-24(14-4-2)17-19-25/h16-23,28H,3-15,29H2,1-2H3. The fourth-order valence-electron chi connectivity index (χ4n) is 4.30. The van der Waals surface area contributed by atoms with Crippen molar-refractivity contribution in [3.05, 3.63) is 65.2 Å². The molecule has 0 heterocycles. The van der Waals surface area contributed by atoms with Crippen molar-refractivity contribution in [3.8, 4) is 0 Å². The van der Waals surface area contributed by atoms with Gasteiger partial charge in [0.2, 0.25) is 0 Å². The van der Waals surface area contributed by atoms with E-state index in [2.05, 4.69) is 50.2 Å². The van der Waals surface area contributed by atoms with Gasteiger partial charge in [-0.1, -0.05) is 121 Å². The highest BCUT2D eigenvalue weighted by molar-refractivity contribution is 5.43. The molecule has 0 saturated carbocycles. The normalized spacial score (nSPS) is 12.2. The van der Waals surface area contributed by atoms with Crippen molar-refractivity contribution in [3.63, 3.8) is 0 Å². The smallest absolute Gasteiger partial charge is 0.0314 e. The third-order valence-corrected chi connectivity index (χ3v) is 6.11. The second-order valence-electron chi connectivity index (χ2n) is 8.68. The predicted octanol–water partition coefficient (Wildman–Crippen LogP) is 8.66. The van der Waals surface area contributed by atoms with E-state index in [1.807, 2.05) is 12.1 Å². The van der Waals surface area contributed by atoms with Gasteiger partial charge in [0.1, 0.15) is 0 Å². The van der Waals surface area contributed by atoms with Crippen LogP contribution < -0.4 is 5.73 Å². The molecule has 0 aromatic heterocycles. The molecule has 29 heavy (non-hydrogen) atoms. The molecular formula is C28H43N. The summed E-state index contributed by atoms with van der Waals surface area (Å²) >= 11 is 0. The quantitative estimate of drug-likeness (QED) is 0.238. The Morgan fingerprint density at radius 2 is 1.07 bits per heavy atom. The van der Waals surface area contributed by atoms with Crippen molar-refractivity contribution < 1.29 is 0 Å². The molecular weight excluding hydrogens is 350 g/mol. The molecule has 0 aliphatic rings. The number of nitrogen functional groups attached to an aromatic ring is 1. The van der Waals surface area contributed by atoms with Gasteiger partial charge in [0, 0.05) is 11.6 Å². The molecule has 2 aromatic rings. The Morgan fingerprint density at radius 3 is 1.59 bits per heavy atom. The van der Waals surface area contributed by atoms with Crippen LogP contribution in [0.15, 0.2) is 48.5 Å². The van der Waals surface area contributed by atoms with Crippen LogP contribution in [0, 0.1) is 0 Å². The lowest BCUT2D eigenvalue weighted by Crippen LogP contribution is -2.02. The first-order valence-corrected chi connectivity index (χ1v) is 12.2. The summed E-state index contributed by atoms with van der Waals surface area (Å²) in [6, 6.07) is 17.9. The van der Waals surface area contributed by atoms with Crippen molar-refractivity contribution in [1.82, 2.24) is 0 Å². The summed E-state index contributed by atoms with van der Waals surface area (Å²) in [5.74, 6) is 0.486. The maximum Gasteiger partial charge on any atom is 0.0314 e. The van der Waals surface area contributed by atoms with Crippen molar-refractivity contribution >= 4 is 5.69 Å². The average molecular weight is 394 g/mol. The van der Waals surface area contributed by atoms with Crippen LogP contribution in [0.4, 0.5) is 5.69 Å². The summed E-state index contributed by atoms with van der Waals surface area (Å²) in [4.78, 5) is 0. The molecule has 0 aliphatic carbocycles. The fourth-order valence-corrected chi connectivity index (χ4v) is 4.30. The number of hydrogen-bond donors (Lipinski definition) is 1. The fraction of sp³-hybridized carbons (Fsp3) is 0.571. The number of nitrogens with two attached hydrogens (primary N) is 1. The van der Waals surface area contributed by atoms with Crippen LogP contribution >= 0.6 is 0 Å². The number of anilines is 1. The summed E-state index contributed by atoms with van der Waals surface area (Å²) in [7, 11) is 0. The van der Waals surface area contributed by atoms with Crippen LogP contribution in [0.5, 0.6) is 0 Å². The second kappa shape index (κ2) is 14.3. The highest BCUT2D eigenvalue weighted by atomic mass is 14.5. The lowest BCUT2D eigenvalue weighted by molar-refractivity contribution is 0.540. The number of rotatable bonds is 15. The van der Waals surface area contributed by atoms with Crippen molar-refractivity contribution in [2.24, 2.45) is 0 Å². The molecule has 1 heteroatoms. The van der Waals surface area contributed by atoms with Crippen LogP contribution in [0.1, 0.15) is 114 Å². The average Bonchev–Trinajstić information content (AvgIpc) is 2.74. The van der Waals surface area contributed by atoms with E-state index in [0.29, 0.717) is 5.92 Å². The van der Waals surface area contributed by atoms with Gasteiger partial charge in [-0.3, -0.25) is 0 Å². The SMILES string of the molecule is CCCCCCCCCCCCC(c1ccc(N)cc1)c1ccc(CCC)cc1. The first-order chi connectivity index (χ1) is 14.2. The summed E-state index contributed by atoms with van der Waals surface area (Å²) in [6.45, 7) is 4.54. The lowest BCUT2D eigenvalue weighted by Gasteiger charge is -2.19. The molecule has 0 spiro atoms. The van der Waals surface area contributed by atoms with Gasteiger partial charge in [0.15, 0.2) is 0 Å². The van der Waals surface area contributed by atoms with E-state index < -0.39 is 0 Å². The summed E-state index contributed by atoms with van der Waals surface area (Å²) in [5.41, 5.74) is 11.1. The highest BCUT2D eigenvalue weighted by Crippen LogP contribution is 2.31. The summed E-state index contributed by atoms with van der Waals surface area (Å²) < 4.78 is 0. The molecule has 0 amide bonds. The minimum Gasteiger partial charge on any atom is -0.399 e. The Labute approximate surface area is 180 Å². The van der Waals surface area contributed by atoms with Crippen molar-refractivity contribution in [2.45, 2.75) is 103 Å². The van der Waals surface area contributed by atoms with Crippen LogP contribution in [0.2, 0.25) is 0 Å². The minimum atomic E-state index is 0.486. The third-order valence-electron chi connectivity index (χ3n) is 6.11. The van der Waals surface area contributed by atoms with Crippen LogP contribution in [-0.4, -0.2) is 0 Å². The van der Waals surface area contributed by atoms with Gasteiger partial charge in [-0.25, -0.2) is 0 Å². The molecule has 160 valence electrons. The van der Waals surface area contributed by atoms with E-state index in [1.54, 1.807) is 0 Å². The number of benzene rings is 2. The van der Waals surface area contributed by atoms with E-state index in [4.69, 9.17) is 5.73 Å². The molecule has 2 rings (SSSR count). The van der Waals surface area contributed by atoms with Gasteiger partial charge in [-0.2, -0.15) is 0 Å². The molecule has 0 saturated heterocycles. The van der Waals surface area contributed by atoms with Gasteiger partial charge < -0.3 is 5.73 Å². The van der Waals surface area contributed by atoms with Crippen molar-refractivity contribution in [2.75, 3.05) is 5.73 Å².